The molecule has 0 bridgehead atoms. The van der Waals surface area contributed by atoms with E-state index in [2.05, 4.69) is 12.2 Å². The molecule has 0 radical (unpaired) electrons. The average molecular weight is 298 g/mol. The lowest BCUT2D eigenvalue weighted by Crippen LogP contribution is -2.35. The molecular weight excluding hydrogens is 258 g/mol. The highest BCUT2D eigenvalue weighted by molar-refractivity contribution is 4.85. The number of nitrogens with one attached hydrogen (secondary N) is 1. The van der Waals surface area contributed by atoms with E-state index in [1.54, 1.807) is 0 Å². The number of hydrogen-bond acceptors (Lipinski definition) is 2. The zero-order chi connectivity index (χ0) is 15.2. The summed E-state index contributed by atoms with van der Waals surface area (Å²) in [5.74, 6) is 0. The van der Waals surface area contributed by atoms with Gasteiger partial charge in [-0.2, -0.15) is 0 Å². The monoisotopic (exact) mass is 297 g/mol. The summed E-state index contributed by atoms with van der Waals surface area (Å²) in [4.78, 5) is 0. The first-order valence-corrected chi connectivity index (χ1v) is 9.64. The largest absolute Gasteiger partial charge is 0.396 e. The Morgan fingerprint density at radius 1 is 0.810 bits per heavy atom. The number of rotatable bonds is 14. The fraction of sp³-hybridized carbons (Fsp3) is 1.00. The van der Waals surface area contributed by atoms with Crippen molar-refractivity contribution in [2.45, 2.75) is 96.8 Å². The summed E-state index contributed by atoms with van der Waals surface area (Å²) in [6.45, 7) is 4.82. The molecule has 2 heteroatoms. The SMILES string of the molecule is CCCCCCCCCCCCNCC1(CO)CCCC1. The minimum atomic E-state index is 0.221. The van der Waals surface area contributed by atoms with Crippen LogP contribution in [0.25, 0.3) is 0 Å². The summed E-state index contributed by atoms with van der Waals surface area (Å²) in [5, 5.41) is 13.1. The van der Waals surface area contributed by atoms with Gasteiger partial charge in [-0.3, -0.25) is 0 Å². The van der Waals surface area contributed by atoms with Crippen molar-refractivity contribution < 1.29 is 5.11 Å². The summed E-state index contributed by atoms with van der Waals surface area (Å²) in [6, 6.07) is 0. The Kier molecular flexibility index (Phi) is 11.3. The number of unbranched alkanes of at least 4 members (excludes halogenated alkanes) is 9. The lowest BCUT2D eigenvalue weighted by atomic mass is 9.87. The van der Waals surface area contributed by atoms with Crippen molar-refractivity contribution in [3.63, 3.8) is 0 Å². The number of aliphatic hydroxyl groups excluding tert-OH is 1. The Morgan fingerprint density at radius 3 is 1.86 bits per heavy atom. The normalized spacial score (nSPS) is 17.4. The molecule has 1 aliphatic rings. The van der Waals surface area contributed by atoms with Crippen molar-refractivity contribution in [1.29, 1.82) is 0 Å². The van der Waals surface area contributed by atoms with Crippen LogP contribution >= 0.6 is 0 Å². The van der Waals surface area contributed by atoms with E-state index in [9.17, 15) is 5.11 Å². The Bertz CT molecular complexity index is 224. The van der Waals surface area contributed by atoms with Gasteiger partial charge in [0.05, 0.1) is 0 Å². The molecule has 0 unspecified atom stereocenters. The van der Waals surface area contributed by atoms with Crippen molar-refractivity contribution in [3.05, 3.63) is 0 Å². The molecule has 1 fully saturated rings. The van der Waals surface area contributed by atoms with Crippen molar-refractivity contribution >= 4 is 0 Å². The highest BCUT2D eigenvalue weighted by Gasteiger charge is 2.32. The smallest absolute Gasteiger partial charge is 0.0499 e. The topological polar surface area (TPSA) is 32.3 Å². The molecule has 0 aromatic carbocycles. The second-order valence-electron chi connectivity index (χ2n) is 7.22. The predicted octanol–water partition coefficient (Wildman–Crippen LogP) is 5.05. The lowest BCUT2D eigenvalue weighted by molar-refractivity contribution is 0.128. The van der Waals surface area contributed by atoms with Gasteiger partial charge >= 0.3 is 0 Å². The molecular formula is C19H39NO. The standard InChI is InChI=1S/C19H39NO/c1-2-3-4-5-6-7-8-9-10-13-16-20-17-19(18-21)14-11-12-15-19/h20-21H,2-18H2,1H3. The van der Waals surface area contributed by atoms with Crippen molar-refractivity contribution in [2.24, 2.45) is 5.41 Å². The molecule has 1 rings (SSSR count). The Morgan fingerprint density at radius 2 is 1.33 bits per heavy atom. The maximum absolute atomic E-state index is 9.55. The lowest BCUT2D eigenvalue weighted by Gasteiger charge is -2.26. The van der Waals surface area contributed by atoms with Crippen LogP contribution in [0.4, 0.5) is 0 Å². The van der Waals surface area contributed by atoms with Gasteiger partial charge in [-0.15, -0.1) is 0 Å². The molecule has 0 atom stereocenters. The zero-order valence-corrected chi connectivity index (χ0v) is 14.5. The summed E-state index contributed by atoms with van der Waals surface area (Å²) < 4.78 is 0. The third-order valence-corrected chi connectivity index (χ3v) is 5.21. The van der Waals surface area contributed by atoms with Crippen LogP contribution in [0.2, 0.25) is 0 Å². The van der Waals surface area contributed by atoms with E-state index in [0.717, 1.165) is 13.1 Å². The summed E-state index contributed by atoms with van der Waals surface area (Å²) >= 11 is 0. The van der Waals surface area contributed by atoms with E-state index in [1.165, 1.54) is 89.9 Å². The third-order valence-electron chi connectivity index (χ3n) is 5.21. The van der Waals surface area contributed by atoms with Crippen molar-refractivity contribution in [2.75, 3.05) is 19.7 Å². The van der Waals surface area contributed by atoms with Crippen LogP contribution in [0.1, 0.15) is 96.8 Å². The number of aliphatic hydroxyl groups is 1. The zero-order valence-electron chi connectivity index (χ0n) is 14.5. The van der Waals surface area contributed by atoms with Gasteiger partial charge in [-0.1, -0.05) is 77.6 Å². The van der Waals surface area contributed by atoms with Crippen LogP contribution in [-0.4, -0.2) is 24.8 Å². The van der Waals surface area contributed by atoms with Gasteiger partial charge < -0.3 is 10.4 Å². The number of hydrogen-bond donors (Lipinski definition) is 2. The Balaban J connectivity index is 1.80. The quantitative estimate of drug-likeness (QED) is 0.440. The van der Waals surface area contributed by atoms with Gasteiger partial charge in [0.15, 0.2) is 0 Å². The van der Waals surface area contributed by atoms with Crippen LogP contribution in [-0.2, 0) is 0 Å². The fourth-order valence-electron chi connectivity index (χ4n) is 3.61. The molecule has 2 nitrogen and oxygen atoms in total. The summed E-state index contributed by atoms with van der Waals surface area (Å²) in [7, 11) is 0. The van der Waals surface area contributed by atoms with Crippen LogP contribution in [0.5, 0.6) is 0 Å². The van der Waals surface area contributed by atoms with E-state index in [0.29, 0.717) is 6.61 Å². The minimum Gasteiger partial charge on any atom is -0.396 e. The molecule has 2 N–H and O–H groups in total. The summed E-state index contributed by atoms with van der Waals surface area (Å²) in [6.07, 6.45) is 19.1. The van der Waals surface area contributed by atoms with Gasteiger partial charge in [0.25, 0.3) is 0 Å². The third kappa shape index (κ3) is 8.83. The summed E-state index contributed by atoms with van der Waals surface area (Å²) in [5.41, 5.74) is 0.221. The first kappa shape index (κ1) is 19.0. The van der Waals surface area contributed by atoms with Gasteiger partial charge in [-0.05, 0) is 25.8 Å². The van der Waals surface area contributed by atoms with E-state index < -0.39 is 0 Å². The molecule has 126 valence electrons. The predicted molar refractivity (Wildman–Crippen MR) is 92.7 cm³/mol. The Labute approximate surface area is 133 Å². The average Bonchev–Trinajstić information content (AvgIpc) is 2.98. The fourth-order valence-corrected chi connectivity index (χ4v) is 3.61. The van der Waals surface area contributed by atoms with Crippen LogP contribution in [0.15, 0.2) is 0 Å². The maximum atomic E-state index is 9.55. The molecule has 1 saturated carbocycles. The molecule has 21 heavy (non-hydrogen) atoms. The van der Waals surface area contributed by atoms with E-state index >= 15 is 0 Å². The van der Waals surface area contributed by atoms with Crippen LogP contribution in [0.3, 0.4) is 0 Å². The maximum Gasteiger partial charge on any atom is 0.0499 e. The van der Waals surface area contributed by atoms with Gasteiger partial charge in [0, 0.05) is 18.6 Å². The van der Waals surface area contributed by atoms with E-state index in [-0.39, 0.29) is 5.41 Å². The van der Waals surface area contributed by atoms with Crippen LogP contribution < -0.4 is 5.32 Å². The molecule has 0 spiro atoms. The van der Waals surface area contributed by atoms with Crippen molar-refractivity contribution in [1.82, 2.24) is 5.32 Å². The van der Waals surface area contributed by atoms with E-state index in [4.69, 9.17) is 0 Å². The second-order valence-corrected chi connectivity index (χ2v) is 7.22. The highest BCUT2D eigenvalue weighted by atomic mass is 16.3. The molecule has 0 heterocycles. The van der Waals surface area contributed by atoms with Gasteiger partial charge in [-0.25, -0.2) is 0 Å². The molecule has 0 aromatic heterocycles. The van der Waals surface area contributed by atoms with Gasteiger partial charge in [0.1, 0.15) is 0 Å². The second kappa shape index (κ2) is 12.5. The van der Waals surface area contributed by atoms with Crippen LogP contribution in [0, 0.1) is 5.41 Å². The molecule has 0 aliphatic heterocycles. The Hall–Kier alpha value is -0.0800. The first-order valence-electron chi connectivity index (χ1n) is 9.64. The minimum absolute atomic E-state index is 0.221. The molecule has 0 saturated heterocycles. The molecule has 0 amide bonds. The highest BCUT2D eigenvalue weighted by Crippen LogP contribution is 2.36. The van der Waals surface area contributed by atoms with Gasteiger partial charge in [0.2, 0.25) is 0 Å². The molecule has 1 aliphatic carbocycles. The molecule has 0 aromatic rings. The van der Waals surface area contributed by atoms with Crippen molar-refractivity contribution in [3.8, 4) is 0 Å². The first-order chi connectivity index (χ1) is 10.3. The van der Waals surface area contributed by atoms with E-state index in [1.807, 2.05) is 0 Å².